The van der Waals surface area contributed by atoms with Crippen LogP contribution in [0.5, 0.6) is 0 Å². The Morgan fingerprint density at radius 2 is 2.36 bits per heavy atom. The molecule has 1 aliphatic heterocycles. The maximum Gasteiger partial charge on any atom is 0.233 e. The van der Waals surface area contributed by atoms with Gasteiger partial charge in [0.2, 0.25) is 5.91 Å². The van der Waals surface area contributed by atoms with E-state index in [9.17, 15) is 4.79 Å². The predicted molar refractivity (Wildman–Crippen MR) is 54.0 cm³/mol. The van der Waals surface area contributed by atoms with E-state index in [1.807, 2.05) is 18.2 Å². The number of aromatic nitrogens is 1. The molecule has 1 amide bonds. The van der Waals surface area contributed by atoms with Crippen LogP contribution in [0.4, 0.5) is 5.82 Å². The average molecular weight is 191 g/mol. The predicted octanol–water partition coefficient (Wildman–Crippen LogP) is 0.264. The summed E-state index contributed by atoms with van der Waals surface area (Å²) in [7, 11) is 1.77. The first-order chi connectivity index (χ1) is 6.79. The van der Waals surface area contributed by atoms with Crippen molar-refractivity contribution in [3.63, 3.8) is 0 Å². The molecule has 4 heteroatoms. The molecule has 2 heterocycles. The van der Waals surface area contributed by atoms with Crippen molar-refractivity contribution < 1.29 is 4.79 Å². The summed E-state index contributed by atoms with van der Waals surface area (Å²) in [5.74, 6) is 0.980. The van der Waals surface area contributed by atoms with E-state index in [0.29, 0.717) is 5.82 Å². The Labute approximate surface area is 82.9 Å². The van der Waals surface area contributed by atoms with Crippen LogP contribution in [0.2, 0.25) is 0 Å². The lowest BCUT2D eigenvalue weighted by Gasteiger charge is -2.29. The molecule has 14 heavy (non-hydrogen) atoms. The van der Waals surface area contributed by atoms with Gasteiger partial charge in [0, 0.05) is 26.3 Å². The Bertz CT molecular complexity index is 321. The molecule has 4 nitrogen and oxygen atoms in total. The summed E-state index contributed by atoms with van der Waals surface area (Å²) < 4.78 is 0. The largest absolute Gasteiger partial charge is 0.315 e. The summed E-state index contributed by atoms with van der Waals surface area (Å²) in [6.45, 7) is 1.58. The summed E-state index contributed by atoms with van der Waals surface area (Å²) in [5.41, 5.74) is 0. The first kappa shape index (κ1) is 9.15. The molecule has 1 fully saturated rings. The third-order valence-electron chi connectivity index (χ3n) is 2.45. The molecule has 1 aromatic rings. The second-order valence-electron chi connectivity index (χ2n) is 3.44. The summed E-state index contributed by atoms with van der Waals surface area (Å²) in [4.78, 5) is 17.5. The van der Waals surface area contributed by atoms with Crippen molar-refractivity contribution >= 4 is 11.7 Å². The molecule has 74 valence electrons. The maximum absolute atomic E-state index is 11.8. The third kappa shape index (κ3) is 1.61. The highest BCUT2D eigenvalue weighted by Crippen LogP contribution is 2.13. The van der Waals surface area contributed by atoms with Gasteiger partial charge >= 0.3 is 0 Å². The molecule has 0 bridgehead atoms. The lowest BCUT2D eigenvalue weighted by Crippen LogP contribution is -2.51. The minimum Gasteiger partial charge on any atom is -0.315 e. The summed E-state index contributed by atoms with van der Waals surface area (Å²) >= 11 is 0. The van der Waals surface area contributed by atoms with Crippen LogP contribution in [0.25, 0.3) is 0 Å². The Hall–Kier alpha value is -1.42. The quantitative estimate of drug-likeness (QED) is 0.729. The van der Waals surface area contributed by atoms with Gasteiger partial charge in [0.05, 0.1) is 5.92 Å². The molecule has 1 saturated heterocycles. The van der Waals surface area contributed by atoms with E-state index in [1.54, 1.807) is 18.1 Å². The van der Waals surface area contributed by atoms with E-state index in [2.05, 4.69) is 10.3 Å². The van der Waals surface area contributed by atoms with Gasteiger partial charge in [-0.25, -0.2) is 4.98 Å². The van der Waals surface area contributed by atoms with Gasteiger partial charge in [0.25, 0.3) is 0 Å². The number of nitrogens with one attached hydrogen (secondary N) is 1. The van der Waals surface area contributed by atoms with Crippen LogP contribution in [-0.2, 0) is 4.79 Å². The Morgan fingerprint density at radius 1 is 1.57 bits per heavy atom. The Kier molecular flexibility index (Phi) is 2.45. The molecule has 2 rings (SSSR count). The van der Waals surface area contributed by atoms with Crippen molar-refractivity contribution in [2.24, 2.45) is 5.92 Å². The number of hydrogen-bond donors (Lipinski definition) is 1. The van der Waals surface area contributed by atoms with Crippen LogP contribution in [-0.4, -0.2) is 31.0 Å². The first-order valence-corrected chi connectivity index (χ1v) is 4.68. The number of carbonyl (C=O) groups is 1. The van der Waals surface area contributed by atoms with Gasteiger partial charge in [0.1, 0.15) is 5.82 Å². The third-order valence-corrected chi connectivity index (χ3v) is 2.45. The zero-order valence-electron chi connectivity index (χ0n) is 8.10. The van der Waals surface area contributed by atoms with E-state index >= 15 is 0 Å². The monoisotopic (exact) mass is 191 g/mol. The molecule has 0 aromatic carbocycles. The van der Waals surface area contributed by atoms with Crippen molar-refractivity contribution in [1.29, 1.82) is 0 Å². The van der Waals surface area contributed by atoms with Gasteiger partial charge in [-0.15, -0.1) is 0 Å². The minimum atomic E-state index is 0.127. The van der Waals surface area contributed by atoms with Gasteiger partial charge in [-0.1, -0.05) is 6.07 Å². The molecule has 0 atom stereocenters. The number of carbonyl (C=O) groups excluding carboxylic acids is 1. The van der Waals surface area contributed by atoms with Crippen LogP contribution in [0.3, 0.4) is 0 Å². The summed E-state index contributed by atoms with van der Waals surface area (Å²) in [6.07, 6.45) is 1.69. The lowest BCUT2D eigenvalue weighted by atomic mass is 10.0. The molecule has 0 spiro atoms. The zero-order chi connectivity index (χ0) is 9.97. The SMILES string of the molecule is CN(C(=O)C1CNC1)c1ccccn1. The number of hydrogen-bond acceptors (Lipinski definition) is 3. The molecule has 0 aliphatic carbocycles. The van der Waals surface area contributed by atoms with Gasteiger partial charge in [-0.05, 0) is 12.1 Å². The van der Waals surface area contributed by atoms with E-state index in [0.717, 1.165) is 13.1 Å². The first-order valence-electron chi connectivity index (χ1n) is 4.68. The number of amides is 1. The van der Waals surface area contributed by atoms with E-state index in [1.165, 1.54) is 0 Å². The van der Waals surface area contributed by atoms with Crippen molar-refractivity contribution in [2.75, 3.05) is 25.0 Å². The lowest BCUT2D eigenvalue weighted by molar-refractivity contribution is -0.123. The number of nitrogens with zero attached hydrogens (tertiary/aromatic N) is 2. The van der Waals surface area contributed by atoms with E-state index < -0.39 is 0 Å². The minimum absolute atomic E-state index is 0.127. The molecular formula is C10H13N3O. The topological polar surface area (TPSA) is 45.2 Å². The van der Waals surface area contributed by atoms with Crippen molar-refractivity contribution in [1.82, 2.24) is 10.3 Å². The van der Waals surface area contributed by atoms with E-state index in [-0.39, 0.29) is 11.8 Å². The number of rotatable bonds is 2. The molecular weight excluding hydrogens is 178 g/mol. The van der Waals surface area contributed by atoms with Gasteiger partial charge in [0.15, 0.2) is 0 Å². The Balaban J connectivity index is 2.07. The fourth-order valence-electron chi connectivity index (χ4n) is 1.40. The number of anilines is 1. The molecule has 0 radical (unpaired) electrons. The number of pyridine rings is 1. The van der Waals surface area contributed by atoms with Crippen LogP contribution >= 0.6 is 0 Å². The van der Waals surface area contributed by atoms with Crippen molar-refractivity contribution in [3.8, 4) is 0 Å². The second-order valence-corrected chi connectivity index (χ2v) is 3.44. The molecule has 0 saturated carbocycles. The summed E-state index contributed by atoms with van der Waals surface area (Å²) in [6, 6.07) is 5.56. The highest BCUT2D eigenvalue weighted by molar-refractivity contribution is 5.94. The van der Waals surface area contributed by atoms with Gasteiger partial charge < -0.3 is 5.32 Å². The standard InChI is InChI=1S/C10H13N3O/c1-13(9-4-2-3-5-12-9)10(14)8-6-11-7-8/h2-5,8,11H,6-7H2,1H3. The van der Waals surface area contributed by atoms with Gasteiger partial charge in [-0.2, -0.15) is 0 Å². The van der Waals surface area contributed by atoms with Crippen molar-refractivity contribution in [3.05, 3.63) is 24.4 Å². The fraction of sp³-hybridized carbons (Fsp3) is 0.400. The highest BCUT2D eigenvalue weighted by Gasteiger charge is 2.28. The van der Waals surface area contributed by atoms with E-state index in [4.69, 9.17) is 0 Å². The van der Waals surface area contributed by atoms with Crippen molar-refractivity contribution in [2.45, 2.75) is 0 Å². The van der Waals surface area contributed by atoms with Crippen LogP contribution < -0.4 is 10.2 Å². The highest BCUT2D eigenvalue weighted by atomic mass is 16.2. The second kappa shape index (κ2) is 3.75. The maximum atomic E-state index is 11.8. The molecule has 0 unspecified atom stereocenters. The molecule has 1 N–H and O–H groups in total. The smallest absolute Gasteiger partial charge is 0.233 e. The van der Waals surface area contributed by atoms with Crippen LogP contribution in [0, 0.1) is 5.92 Å². The molecule has 1 aromatic heterocycles. The average Bonchev–Trinajstić information content (AvgIpc) is 2.15. The van der Waals surface area contributed by atoms with Crippen LogP contribution in [0.1, 0.15) is 0 Å². The zero-order valence-corrected chi connectivity index (χ0v) is 8.10. The Morgan fingerprint density at radius 3 is 2.86 bits per heavy atom. The fourth-order valence-corrected chi connectivity index (χ4v) is 1.40. The van der Waals surface area contributed by atoms with Gasteiger partial charge in [-0.3, -0.25) is 9.69 Å². The van der Waals surface area contributed by atoms with Crippen LogP contribution in [0.15, 0.2) is 24.4 Å². The normalized spacial score (nSPS) is 16.1. The molecule has 1 aliphatic rings. The summed E-state index contributed by atoms with van der Waals surface area (Å²) in [5, 5.41) is 3.08.